The summed E-state index contributed by atoms with van der Waals surface area (Å²) in [4.78, 5) is 20.3. The molecule has 1 fully saturated rings. The first kappa shape index (κ1) is 22.0. The van der Waals surface area contributed by atoms with E-state index in [1.54, 1.807) is 26.8 Å². The zero-order chi connectivity index (χ0) is 22.6. The second-order valence-electron chi connectivity index (χ2n) is 8.87. The summed E-state index contributed by atoms with van der Waals surface area (Å²) in [7, 11) is -3.79. The molecule has 3 aromatic rings. The first-order valence-electron chi connectivity index (χ1n) is 10.0. The number of imidazole rings is 1. The number of nitrogens with two attached hydrogens (primary N) is 1. The van der Waals surface area contributed by atoms with Crippen molar-refractivity contribution in [2.45, 2.75) is 50.4 Å². The van der Waals surface area contributed by atoms with E-state index in [4.69, 9.17) is 5.73 Å². The molecule has 4 rings (SSSR count). The van der Waals surface area contributed by atoms with Gasteiger partial charge in [-0.1, -0.05) is 40.2 Å². The van der Waals surface area contributed by atoms with Gasteiger partial charge in [0.1, 0.15) is 11.1 Å². The van der Waals surface area contributed by atoms with E-state index in [-0.39, 0.29) is 18.4 Å². The molecule has 2 aromatic carbocycles. The minimum atomic E-state index is -3.79. The molecule has 164 valence electrons. The number of fused-ring (bicyclic) bond motifs is 1. The Bertz CT molecular complexity index is 1230. The van der Waals surface area contributed by atoms with Crippen LogP contribution in [0.2, 0.25) is 0 Å². The summed E-state index contributed by atoms with van der Waals surface area (Å²) in [5.74, 6) is 0.326. The van der Waals surface area contributed by atoms with E-state index in [1.165, 1.54) is 0 Å². The quantitative estimate of drug-likeness (QED) is 0.558. The van der Waals surface area contributed by atoms with Gasteiger partial charge in [0.25, 0.3) is 0 Å². The average Bonchev–Trinajstić information content (AvgIpc) is 3.19. The van der Waals surface area contributed by atoms with E-state index in [1.807, 2.05) is 36.4 Å². The summed E-state index contributed by atoms with van der Waals surface area (Å²) < 4.78 is 27.8. The number of amides is 1. The molecule has 0 radical (unpaired) electrons. The number of hydrogen-bond donors (Lipinski definition) is 2. The molecule has 1 aromatic heterocycles. The molecule has 0 bridgehead atoms. The minimum absolute atomic E-state index is 0.0595. The van der Waals surface area contributed by atoms with Crippen molar-refractivity contribution in [2.75, 3.05) is 0 Å². The smallest absolute Gasteiger partial charge is 0.245 e. The Labute approximate surface area is 190 Å². The SMILES string of the molecule is CC(C)(C)N1C(=O)CC(c2ccc(C[C@H](N)c3nc4ccccc4[nH]3)cc2Br)S1(=O)=O. The highest BCUT2D eigenvalue weighted by atomic mass is 79.9. The van der Waals surface area contributed by atoms with Crippen LogP contribution in [0.3, 0.4) is 0 Å². The molecule has 9 heteroatoms. The molecule has 1 aliphatic rings. The van der Waals surface area contributed by atoms with E-state index in [9.17, 15) is 13.2 Å². The fraction of sp³-hybridized carbons (Fsp3) is 0.364. The molecule has 7 nitrogen and oxygen atoms in total. The molecule has 1 amide bonds. The summed E-state index contributed by atoms with van der Waals surface area (Å²) in [6.45, 7) is 5.17. The predicted octanol–water partition coefficient (Wildman–Crippen LogP) is 3.97. The standard InChI is InChI=1S/C22H25BrN4O3S/c1-22(2,3)27-20(28)12-19(31(27,29)30)14-9-8-13(10-15(14)23)11-16(24)21-25-17-6-4-5-7-18(17)26-21/h4-10,16,19H,11-12,24H2,1-3H3,(H,25,26)/t16-,19?/m0/s1. The Kier molecular flexibility index (Phi) is 5.47. The molecule has 0 spiro atoms. The van der Waals surface area contributed by atoms with Crippen LogP contribution in [0.15, 0.2) is 46.9 Å². The molecular weight excluding hydrogens is 480 g/mol. The molecule has 1 unspecified atom stereocenters. The Hall–Kier alpha value is -2.23. The molecular formula is C22H25BrN4O3S. The van der Waals surface area contributed by atoms with Crippen LogP contribution in [0.25, 0.3) is 11.0 Å². The average molecular weight is 505 g/mol. The maximum absolute atomic E-state index is 13.1. The van der Waals surface area contributed by atoms with Gasteiger partial charge in [0.05, 0.1) is 29.0 Å². The maximum atomic E-state index is 13.1. The fourth-order valence-electron chi connectivity index (χ4n) is 4.10. The van der Waals surface area contributed by atoms with Crippen molar-refractivity contribution in [3.8, 4) is 0 Å². The first-order valence-corrected chi connectivity index (χ1v) is 12.3. The largest absolute Gasteiger partial charge is 0.341 e. The Morgan fingerprint density at radius 3 is 2.58 bits per heavy atom. The molecule has 3 N–H and O–H groups in total. The van der Waals surface area contributed by atoms with Gasteiger partial charge in [-0.3, -0.25) is 4.79 Å². The molecule has 2 atom stereocenters. The number of hydrogen-bond acceptors (Lipinski definition) is 5. The highest BCUT2D eigenvalue weighted by molar-refractivity contribution is 9.10. The van der Waals surface area contributed by atoms with Crippen LogP contribution in [0.4, 0.5) is 0 Å². The van der Waals surface area contributed by atoms with E-state index >= 15 is 0 Å². The van der Waals surface area contributed by atoms with Crippen molar-refractivity contribution in [3.05, 3.63) is 63.9 Å². The number of H-pyrrole nitrogens is 1. The lowest BCUT2D eigenvalue weighted by molar-refractivity contribution is -0.128. The number of sulfonamides is 1. The van der Waals surface area contributed by atoms with Crippen molar-refractivity contribution in [1.29, 1.82) is 0 Å². The maximum Gasteiger partial charge on any atom is 0.245 e. The zero-order valence-electron chi connectivity index (χ0n) is 17.6. The summed E-state index contributed by atoms with van der Waals surface area (Å²) >= 11 is 3.51. The van der Waals surface area contributed by atoms with Crippen LogP contribution >= 0.6 is 15.9 Å². The van der Waals surface area contributed by atoms with Gasteiger partial charge in [-0.25, -0.2) is 17.7 Å². The van der Waals surface area contributed by atoms with E-state index in [0.717, 1.165) is 20.9 Å². The van der Waals surface area contributed by atoms with Gasteiger partial charge in [0.2, 0.25) is 15.9 Å². The number of rotatable bonds is 4. The monoisotopic (exact) mass is 504 g/mol. The topological polar surface area (TPSA) is 109 Å². The second kappa shape index (κ2) is 7.72. The number of para-hydroxylation sites is 2. The van der Waals surface area contributed by atoms with Crippen LogP contribution in [-0.4, -0.2) is 34.1 Å². The van der Waals surface area contributed by atoms with Crippen molar-refractivity contribution in [1.82, 2.24) is 14.3 Å². The Balaban J connectivity index is 1.58. The van der Waals surface area contributed by atoms with Crippen molar-refractivity contribution in [3.63, 3.8) is 0 Å². The van der Waals surface area contributed by atoms with Crippen LogP contribution in [-0.2, 0) is 21.2 Å². The summed E-state index contributed by atoms with van der Waals surface area (Å²) in [5, 5.41) is -0.897. The molecule has 1 saturated heterocycles. The fourth-order valence-corrected chi connectivity index (χ4v) is 7.21. The molecule has 1 aliphatic heterocycles. The van der Waals surface area contributed by atoms with Crippen molar-refractivity contribution < 1.29 is 13.2 Å². The summed E-state index contributed by atoms with van der Waals surface area (Å²) in [6.07, 6.45) is 0.471. The number of halogens is 1. The van der Waals surface area contributed by atoms with Crippen LogP contribution in [0, 0.1) is 0 Å². The number of carbonyl (C=O) groups is 1. The van der Waals surface area contributed by atoms with Gasteiger partial charge in [0.15, 0.2) is 0 Å². The summed E-state index contributed by atoms with van der Waals surface area (Å²) in [5.41, 5.74) is 8.90. The minimum Gasteiger partial charge on any atom is -0.341 e. The lowest BCUT2D eigenvalue weighted by Crippen LogP contribution is -2.45. The third-order valence-corrected chi connectivity index (χ3v) is 8.52. The first-order chi connectivity index (χ1) is 14.5. The number of carbonyl (C=O) groups excluding carboxylic acids is 1. The van der Waals surface area contributed by atoms with Crippen molar-refractivity contribution >= 4 is 42.9 Å². The highest BCUT2D eigenvalue weighted by Gasteiger charge is 2.50. The normalized spacial score (nSPS) is 19.8. The van der Waals surface area contributed by atoms with Gasteiger partial charge in [-0.15, -0.1) is 0 Å². The Morgan fingerprint density at radius 1 is 1.26 bits per heavy atom. The van der Waals surface area contributed by atoms with Gasteiger partial charge in [0, 0.05) is 4.47 Å². The second-order valence-corrected chi connectivity index (χ2v) is 11.7. The third-order valence-electron chi connectivity index (χ3n) is 5.44. The van der Waals surface area contributed by atoms with E-state index < -0.39 is 20.8 Å². The molecule has 31 heavy (non-hydrogen) atoms. The number of aromatic amines is 1. The van der Waals surface area contributed by atoms with Crippen molar-refractivity contribution in [2.24, 2.45) is 5.73 Å². The van der Waals surface area contributed by atoms with E-state index in [2.05, 4.69) is 25.9 Å². The molecule has 0 aliphatic carbocycles. The molecule has 0 saturated carbocycles. The molecule has 2 heterocycles. The number of aromatic nitrogens is 2. The Morgan fingerprint density at radius 2 is 1.97 bits per heavy atom. The van der Waals surface area contributed by atoms with Crippen LogP contribution in [0.1, 0.15) is 55.4 Å². The van der Waals surface area contributed by atoms with Gasteiger partial charge in [-0.2, -0.15) is 0 Å². The summed E-state index contributed by atoms with van der Waals surface area (Å²) in [6, 6.07) is 12.9. The van der Waals surface area contributed by atoms with E-state index in [0.29, 0.717) is 22.3 Å². The van der Waals surface area contributed by atoms with Gasteiger partial charge in [-0.05, 0) is 56.5 Å². The van der Waals surface area contributed by atoms with Gasteiger partial charge < -0.3 is 10.7 Å². The number of benzene rings is 2. The number of nitrogens with zero attached hydrogens (tertiary/aromatic N) is 2. The van der Waals surface area contributed by atoms with Crippen LogP contribution in [0.5, 0.6) is 0 Å². The lowest BCUT2D eigenvalue weighted by Gasteiger charge is -2.30. The zero-order valence-corrected chi connectivity index (χ0v) is 20.0. The highest BCUT2D eigenvalue weighted by Crippen LogP contribution is 2.42. The third kappa shape index (κ3) is 4.02. The van der Waals surface area contributed by atoms with Crippen LogP contribution < -0.4 is 5.73 Å². The van der Waals surface area contributed by atoms with Gasteiger partial charge >= 0.3 is 0 Å². The number of nitrogens with one attached hydrogen (secondary N) is 1. The lowest BCUT2D eigenvalue weighted by atomic mass is 10.0. The predicted molar refractivity (Wildman–Crippen MR) is 124 cm³/mol.